The molecule has 0 aliphatic heterocycles. The van der Waals surface area contributed by atoms with Gasteiger partial charge in [0.05, 0.1) is 25.3 Å². The van der Waals surface area contributed by atoms with E-state index in [0.717, 1.165) is 0 Å². The maximum Gasteiger partial charge on any atom is 0.316 e. The molecule has 0 radical (unpaired) electrons. The normalized spacial score (nSPS) is 10.1. The molecule has 0 N–H and O–H groups in total. The van der Waals surface area contributed by atoms with Crippen molar-refractivity contribution in [3.63, 3.8) is 0 Å². The Morgan fingerprint density at radius 2 is 2.00 bits per heavy atom. The van der Waals surface area contributed by atoms with Gasteiger partial charge in [0.15, 0.2) is 0 Å². The summed E-state index contributed by atoms with van der Waals surface area (Å²) in [5.41, 5.74) is -0.0677. The third kappa shape index (κ3) is 2.47. The Morgan fingerprint density at radius 1 is 1.25 bits per heavy atom. The predicted molar refractivity (Wildman–Crippen MR) is 72.8 cm³/mol. The molecular formula is C14H13N3O3. The van der Waals surface area contributed by atoms with E-state index in [1.807, 2.05) is 6.07 Å². The molecule has 0 fully saturated rings. The SMILES string of the molecule is COc1ccc(C#N)cc1Cn1ccn(C)c(=O)c1=O. The van der Waals surface area contributed by atoms with Gasteiger partial charge in [0, 0.05) is 25.0 Å². The Hall–Kier alpha value is -2.81. The third-order valence-corrected chi connectivity index (χ3v) is 2.98. The van der Waals surface area contributed by atoms with Crippen molar-refractivity contribution in [3.05, 3.63) is 62.4 Å². The summed E-state index contributed by atoms with van der Waals surface area (Å²) >= 11 is 0. The van der Waals surface area contributed by atoms with E-state index < -0.39 is 11.1 Å². The van der Waals surface area contributed by atoms with E-state index in [-0.39, 0.29) is 6.54 Å². The molecule has 2 aromatic rings. The average Bonchev–Trinajstić information content (AvgIpc) is 2.47. The summed E-state index contributed by atoms with van der Waals surface area (Å²) in [5, 5.41) is 8.91. The highest BCUT2D eigenvalue weighted by Crippen LogP contribution is 2.20. The second-order valence-electron chi connectivity index (χ2n) is 4.29. The van der Waals surface area contributed by atoms with Crippen molar-refractivity contribution in [1.29, 1.82) is 5.26 Å². The summed E-state index contributed by atoms with van der Waals surface area (Å²) in [4.78, 5) is 23.5. The minimum absolute atomic E-state index is 0.174. The summed E-state index contributed by atoms with van der Waals surface area (Å²) in [5.74, 6) is 0.566. The molecule has 0 saturated heterocycles. The second-order valence-corrected chi connectivity index (χ2v) is 4.29. The van der Waals surface area contributed by atoms with Crippen LogP contribution >= 0.6 is 0 Å². The molecule has 6 nitrogen and oxygen atoms in total. The maximum atomic E-state index is 11.9. The second kappa shape index (κ2) is 5.45. The summed E-state index contributed by atoms with van der Waals surface area (Å²) in [6.07, 6.45) is 3.05. The Labute approximate surface area is 115 Å². The van der Waals surface area contributed by atoms with Crippen LogP contribution in [0.4, 0.5) is 0 Å². The summed E-state index contributed by atoms with van der Waals surface area (Å²) in [6, 6.07) is 6.97. The molecular weight excluding hydrogens is 258 g/mol. The molecule has 0 amide bonds. The van der Waals surface area contributed by atoms with Crippen LogP contribution in [0.1, 0.15) is 11.1 Å². The lowest BCUT2D eigenvalue weighted by atomic mass is 10.1. The van der Waals surface area contributed by atoms with E-state index in [4.69, 9.17) is 10.00 Å². The maximum absolute atomic E-state index is 11.9. The fourth-order valence-corrected chi connectivity index (χ4v) is 1.87. The molecule has 0 saturated carbocycles. The van der Waals surface area contributed by atoms with Gasteiger partial charge in [-0.3, -0.25) is 9.59 Å². The molecule has 20 heavy (non-hydrogen) atoms. The molecule has 0 spiro atoms. The van der Waals surface area contributed by atoms with Crippen LogP contribution in [0.5, 0.6) is 5.75 Å². The smallest absolute Gasteiger partial charge is 0.316 e. The van der Waals surface area contributed by atoms with E-state index >= 15 is 0 Å². The quantitative estimate of drug-likeness (QED) is 0.761. The first-order valence-electron chi connectivity index (χ1n) is 5.90. The molecule has 0 aliphatic carbocycles. The van der Waals surface area contributed by atoms with Crippen molar-refractivity contribution in [3.8, 4) is 11.8 Å². The number of nitrogens with zero attached hydrogens (tertiary/aromatic N) is 3. The molecule has 2 rings (SSSR count). The number of rotatable bonds is 3. The van der Waals surface area contributed by atoms with Crippen LogP contribution in [0.15, 0.2) is 40.2 Å². The average molecular weight is 271 g/mol. The van der Waals surface area contributed by atoms with E-state index in [9.17, 15) is 9.59 Å². The van der Waals surface area contributed by atoms with E-state index in [0.29, 0.717) is 16.9 Å². The van der Waals surface area contributed by atoms with Crippen LogP contribution in [-0.2, 0) is 13.6 Å². The Kier molecular flexibility index (Phi) is 3.71. The lowest BCUT2D eigenvalue weighted by Crippen LogP contribution is -2.39. The molecule has 0 aliphatic rings. The molecule has 0 unspecified atom stereocenters. The molecule has 1 heterocycles. The zero-order valence-electron chi connectivity index (χ0n) is 11.2. The van der Waals surface area contributed by atoms with Crippen molar-refractivity contribution in [2.24, 2.45) is 7.05 Å². The zero-order valence-corrected chi connectivity index (χ0v) is 11.2. The highest BCUT2D eigenvalue weighted by Gasteiger charge is 2.08. The number of hydrogen-bond donors (Lipinski definition) is 0. The fraction of sp³-hybridized carbons (Fsp3) is 0.214. The van der Waals surface area contributed by atoms with Crippen LogP contribution in [0, 0.1) is 11.3 Å². The minimum Gasteiger partial charge on any atom is -0.496 e. The van der Waals surface area contributed by atoms with Gasteiger partial charge < -0.3 is 13.9 Å². The molecule has 1 aromatic carbocycles. The predicted octanol–water partition coefficient (Wildman–Crippen LogP) is 0.476. The first kappa shape index (κ1) is 13.6. The molecule has 0 bridgehead atoms. The first-order valence-corrected chi connectivity index (χ1v) is 5.90. The minimum atomic E-state index is -0.612. The zero-order chi connectivity index (χ0) is 14.7. The number of aryl methyl sites for hydroxylation is 1. The Morgan fingerprint density at radius 3 is 2.65 bits per heavy atom. The number of benzene rings is 1. The van der Waals surface area contributed by atoms with Gasteiger partial charge >= 0.3 is 11.1 Å². The summed E-state index contributed by atoms with van der Waals surface area (Å²) in [6.45, 7) is 0.174. The topological polar surface area (TPSA) is 77.0 Å². The molecule has 6 heteroatoms. The lowest BCUT2D eigenvalue weighted by molar-refractivity contribution is 0.408. The van der Waals surface area contributed by atoms with Crippen LogP contribution in [0.2, 0.25) is 0 Å². The van der Waals surface area contributed by atoms with Gasteiger partial charge in [-0.05, 0) is 18.2 Å². The van der Waals surface area contributed by atoms with Gasteiger partial charge in [0.1, 0.15) is 5.75 Å². The third-order valence-electron chi connectivity index (χ3n) is 2.98. The van der Waals surface area contributed by atoms with E-state index in [1.165, 1.54) is 35.7 Å². The van der Waals surface area contributed by atoms with Crippen molar-refractivity contribution >= 4 is 0 Å². The number of methoxy groups -OCH3 is 1. The van der Waals surface area contributed by atoms with Crippen molar-refractivity contribution in [1.82, 2.24) is 9.13 Å². The van der Waals surface area contributed by atoms with E-state index in [2.05, 4.69) is 0 Å². The van der Waals surface area contributed by atoms with Gasteiger partial charge in [-0.15, -0.1) is 0 Å². The van der Waals surface area contributed by atoms with Gasteiger partial charge in [-0.2, -0.15) is 5.26 Å². The standard InChI is InChI=1S/C14H13N3O3/c1-16-5-6-17(14(19)13(16)18)9-11-7-10(8-15)3-4-12(11)20-2/h3-7H,9H2,1-2H3. The summed E-state index contributed by atoms with van der Waals surface area (Å²) in [7, 11) is 3.03. The first-order chi connectivity index (χ1) is 9.56. The monoisotopic (exact) mass is 271 g/mol. The van der Waals surface area contributed by atoms with Gasteiger partial charge in [-0.1, -0.05) is 0 Å². The Bertz CT molecular complexity index is 797. The highest BCUT2D eigenvalue weighted by atomic mass is 16.5. The van der Waals surface area contributed by atoms with Gasteiger partial charge in [0.2, 0.25) is 0 Å². The van der Waals surface area contributed by atoms with Crippen LogP contribution in [0.3, 0.4) is 0 Å². The van der Waals surface area contributed by atoms with Crippen molar-refractivity contribution < 1.29 is 4.74 Å². The number of nitriles is 1. The van der Waals surface area contributed by atoms with Crippen LogP contribution in [-0.4, -0.2) is 16.2 Å². The fourth-order valence-electron chi connectivity index (χ4n) is 1.87. The van der Waals surface area contributed by atoms with Crippen LogP contribution < -0.4 is 15.9 Å². The number of hydrogen-bond acceptors (Lipinski definition) is 4. The van der Waals surface area contributed by atoms with E-state index in [1.54, 1.807) is 18.2 Å². The lowest BCUT2D eigenvalue weighted by Gasteiger charge is -2.10. The van der Waals surface area contributed by atoms with Gasteiger partial charge in [0.25, 0.3) is 0 Å². The van der Waals surface area contributed by atoms with Gasteiger partial charge in [-0.25, -0.2) is 0 Å². The van der Waals surface area contributed by atoms with Crippen molar-refractivity contribution in [2.45, 2.75) is 6.54 Å². The molecule has 0 atom stereocenters. The largest absolute Gasteiger partial charge is 0.496 e. The highest BCUT2D eigenvalue weighted by molar-refractivity contribution is 5.42. The number of aromatic nitrogens is 2. The number of ether oxygens (including phenoxy) is 1. The molecule has 1 aromatic heterocycles. The molecule has 102 valence electrons. The Balaban J connectivity index is 2.50. The van der Waals surface area contributed by atoms with Crippen LogP contribution in [0.25, 0.3) is 0 Å². The summed E-state index contributed by atoms with van der Waals surface area (Å²) < 4.78 is 7.72. The van der Waals surface area contributed by atoms with Crippen molar-refractivity contribution in [2.75, 3.05) is 7.11 Å².